The van der Waals surface area contributed by atoms with Crippen LogP contribution in [-0.4, -0.2) is 143 Å². The fraction of sp³-hybridized carbons (Fsp3) is 0.380. The summed E-state index contributed by atoms with van der Waals surface area (Å²) in [6.07, 6.45) is -1.54. The smallest absolute Gasteiger partial charge is 0.336 e. The number of nitrogens with two attached hydrogens (primary N) is 5. The van der Waals surface area contributed by atoms with E-state index in [0.717, 1.165) is 11.8 Å². The van der Waals surface area contributed by atoms with Crippen LogP contribution in [0.25, 0.3) is 33.4 Å². The van der Waals surface area contributed by atoms with E-state index >= 15 is 0 Å². The molecule has 6 atom stereocenters. The van der Waals surface area contributed by atoms with E-state index in [4.69, 9.17) is 33.1 Å². The van der Waals surface area contributed by atoms with Gasteiger partial charge in [0.1, 0.15) is 41.3 Å². The first kappa shape index (κ1) is 61.8. The summed E-state index contributed by atoms with van der Waals surface area (Å²) in [4.78, 5) is 131. The molecule has 1 aliphatic heterocycles. The Morgan fingerprint density at radius 1 is 0.725 bits per heavy atom. The normalized spacial score (nSPS) is 13.4. The van der Waals surface area contributed by atoms with E-state index in [1.54, 1.807) is 18.2 Å². The van der Waals surface area contributed by atoms with Crippen molar-refractivity contribution in [3.05, 3.63) is 76.2 Å². The molecule has 3 aromatic rings. The number of carboxylic acid groups (broad SMARTS) is 3. The van der Waals surface area contributed by atoms with Gasteiger partial charge in [0.25, 0.3) is 0 Å². The van der Waals surface area contributed by atoms with Crippen molar-refractivity contribution >= 4 is 87.8 Å². The number of phenols is 1. The van der Waals surface area contributed by atoms with Gasteiger partial charge < -0.3 is 85.2 Å². The van der Waals surface area contributed by atoms with Crippen molar-refractivity contribution < 1.29 is 68.3 Å². The molecule has 5 amide bonds. The third kappa shape index (κ3) is 18.0. The number of aliphatic imine (C=N–C) groups is 1. The number of amides is 5. The van der Waals surface area contributed by atoms with Crippen molar-refractivity contribution in [2.45, 2.75) is 106 Å². The number of guanidine groups is 1. The molecule has 1 aromatic heterocycles. The highest BCUT2D eigenvalue weighted by Crippen LogP contribution is 2.42. The molecule has 0 saturated heterocycles. The first-order valence-electron chi connectivity index (χ1n) is 24.8. The number of nitrogens with zero attached hydrogens (tertiary/aromatic N) is 4. The number of aromatic carboxylic acids is 1. The van der Waals surface area contributed by atoms with Gasteiger partial charge in [-0.15, -0.1) is 0 Å². The lowest BCUT2D eigenvalue weighted by atomic mass is 9.90. The Morgan fingerprint density at radius 3 is 2.06 bits per heavy atom. The van der Waals surface area contributed by atoms with Crippen molar-refractivity contribution in [2.24, 2.45) is 33.7 Å². The Balaban J connectivity index is 1.24. The van der Waals surface area contributed by atoms with Crippen LogP contribution in [0.1, 0.15) is 86.9 Å². The van der Waals surface area contributed by atoms with Gasteiger partial charge in [0.2, 0.25) is 35.5 Å². The van der Waals surface area contributed by atoms with Gasteiger partial charge in [-0.05, 0) is 93.8 Å². The van der Waals surface area contributed by atoms with Gasteiger partial charge in [-0.2, -0.15) is 9.97 Å². The Bertz CT molecular complexity index is 3160. The third-order valence-electron chi connectivity index (χ3n) is 12.0. The zero-order valence-electron chi connectivity index (χ0n) is 43.0. The van der Waals surface area contributed by atoms with Gasteiger partial charge in [-0.25, -0.2) is 14.6 Å². The molecule has 2 heterocycles. The van der Waals surface area contributed by atoms with E-state index in [9.17, 15) is 68.7 Å². The molecule has 428 valence electrons. The first-order valence-corrected chi connectivity index (χ1v) is 25.8. The van der Waals surface area contributed by atoms with Crippen LogP contribution in [-0.2, 0) is 33.6 Å². The standard InChI is InChI=1S/C50H62N14O15S/c1-23(42(71)59-34(14-16-39(69)70)45(74)60-33(6-3-17-56-48(54)55)44(73)61-35(47(77)78)13-15-38(53)68)57-43(72)32(52)5-2-4-31(51)41-62-49(64-50(63-41)80-19-18-65)58-24-7-10-27(30(20-24)46(75)76)40-28-11-8-25(66)21-36(28)79-37-22-26(67)9-12-29(37)40/h7-12,20-23,31-35,65-66H,2-6,13-19,51-52H2,1H3,(H2,53,68)(H,57,72)(H,59,71)(H,60,74)(H,61,73)(H,69,70)(H,75,76)(H,77,78)(H4,54,55,56)(H,58,62,63,64)/t23-,31?,32-,33-,34-,35-/m0/s1. The molecule has 30 heteroatoms. The minimum Gasteiger partial charge on any atom is -0.508 e. The van der Waals surface area contributed by atoms with Crippen molar-refractivity contribution in [2.75, 3.05) is 24.2 Å². The quantitative estimate of drug-likeness (QED) is 0.00891. The van der Waals surface area contributed by atoms with E-state index in [0.29, 0.717) is 16.5 Å². The van der Waals surface area contributed by atoms with Crippen LogP contribution >= 0.6 is 11.8 Å². The van der Waals surface area contributed by atoms with Gasteiger partial charge in [0.15, 0.2) is 22.4 Å². The van der Waals surface area contributed by atoms with Crippen LogP contribution in [0.15, 0.2) is 74.0 Å². The molecule has 29 nitrogen and oxygen atoms in total. The summed E-state index contributed by atoms with van der Waals surface area (Å²) >= 11 is 1.09. The summed E-state index contributed by atoms with van der Waals surface area (Å²) in [7, 11) is 0. The summed E-state index contributed by atoms with van der Waals surface area (Å²) in [5, 5.41) is 62.4. The molecule has 2 aliphatic rings. The lowest BCUT2D eigenvalue weighted by Crippen LogP contribution is -2.58. The number of aliphatic carboxylic acids is 2. The maximum absolute atomic E-state index is 13.6. The van der Waals surface area contributed by atoms with Crippen LogP contribution in [0.2, 0.25) is 0 Å². The molecule has 0 spiro atoms. The van der Waals surface area contributed by atoms with E-state index in [2.05, 4.69) is 46.5 Å². The number of hydrogen-bond acceptors (Lipinski definition) is 20. The number of fused-ring (bicyclic) bond motifs is 2. The number of aromatic hydroxyl groups is 1. The fourth-order valence-electron chi connectivity index (χ4n) is 7.99. The number of aromatic nitrogens is 3. The van der Waals surface area contributed by atoms with Crippen molar-refractivity contribution in [1.82, 2.24) is 36.2 Å². The average molecular weight is 1130 g/mol. The summed E-state index contributed by atoms with van der Waals surface area (Å²) < 4.78 is 5.92. The first-order chi connectivity index (χ1) is 37.9. The Kier molecular flexibility index (Phi) is 22.5. The van der Waals surface area contributed by atoms with Crippen LogP contribution in [0.4, 0.5) is 11.6 Å². The zero-order valence-corrected chi connectivity index (χ0v) is 43.9. The number of thioether (sulfide) groups is 1. The highest BCUT2D eigenvalue weighted by molar-refractivity contribution is 7.99. The van der Waals surface area contributed by atoms with Gasteiger partial charge in [0.05, 0.1) is 24.3 Å². The number of aliphatic hydroxyl groups is 1. The maximum atomic E-state index is 13.6. The molecule has 2 aromatic carbocycles. The highest BCUT2D eigenvalue weighted by Gasteiger charge is 2.32. The maximum Gasteiger partial charge on any atom is 0.336 e. The van der Waals surface area contributed by atoms with Crippen LogP contribution in [0.3, 0.4) is 0 Å². The number of phenolic OH excluding ortho intramolecular Hbond substituents is 1. The molecule has 1 unspecified atom stereocenters. The van der Waals surface area contributed by atoms with Gasteiger partial charge >= 0.3 is 17.9 Å². The molecule has 1 aliphatic carbocycles. The van der Waals surface area contributed by atoms with E-state index in [-0.39, 0.29) is 126 Å². The summed E-state index contributed by atoms with van der Waals surface area (Å²) in [5.41, 5.74) is 29.7. The van der Waals surface area contributed by atoms with Crippen LogP contribution in [0, 0.1) is 0 Å². The SMILES string of the molecule is C[C@H](NC(=O)[C@@H](N)CCCC(N)c1nc(Nc2ccc(-c3c4ccc(=O)cc-4oc4cc(O)ccc34)c(C(=O)O)c2)nc(SCCO)n1)C(=O)N[C@@H](CCC(=O)O)C(=O)N[C@@H](CCCN=C(N)N)C(=O)N[C@@H](CCC(N)=O)C(=O)O. The van der Waals surface area contributed by atoms with Gasteiger partial charge in [-0.1, -0.05) is 17.8 Å². The molecular weight excluding hydrogens is 1070 g/mol. The summed E-state index contributed by atoms with van der Waals surface area (Å²) in [5.74, 6) is -8.65. The fourth-order valence-corrected chi connectivity index (χ4v) is 8.57. The van der Waals surface area contributed by atoms with E-state index < -0.39 is 96.5 Å². The molecule has 0 bridgehead atoms. The second-order valence-electron chi connectivity index (χ2n) is 18.2. The summed E-state index contributed by atoms with van der Waals surface area (Å²) in [6, 6.07) is 4.90. The second kappa shape index (κ2) is 29.1. The van der Waals surface area contributed by atoms with Crippen molar-refractivity contribution in [3.63, 3.8) is 0 Å². The Labute approximate surface area is 459 Å². The van der Waals surface area contributed by atoms with E-state index in [1.807, 2.05) is 0 Å². The lowest BCUT2D eigenvalue weighted by Gasteiger charge is -2.25. The van der Waals surface area contributed by atoms with Gasteiger partial charge in [-0.3, -0.25) is 38.6 Å². The number of nitrogens with one attached hydrogen (secondary N) is 5. The second-order valence-corrected chi connectivity index (χ2v) is 19.2. The Hall–Kier alpha value is -9.00. The number of carboxylic acids is 3. The molecule has 20 N–H and O–H groups in total. The molecule has 80 heavy (non-hydrogen) atoms. The van der Waals surface area contributed by atoms with Crippen molar-refractivity contribution in [1.29, 1.82) is 0 Å². The minimum atomic E-state index is -1.59. The number of aliphatic hydroxyl groups excluding tert-OH is 1. The zero-order chi connectivity index (χ0) is 58.8. The van der Waals surface area contributed by atoms with Gasteiger partial charge in [0, 0.05) is 59.5 Å². The topological polar surface area (TPSA) is 509 Å². The largest absolute Gasteiger partial charge is 0.508 e. The van der Waals surface area contributed by atoms with E-state index in [1.165, 1.54) is 43.3 Å². The number of carbonyl (C=O) groups excluding carboxylic acids is 5. The molecular formula is C50H62N14O15S. The van der Waals surface area contributed by atoms with Crippen LogP contribution in [0.5, 0.6) is 5.75 Å². The Morgan fingerprint density at radius 2 is 1.40 bits per heavy atom. The minimum absolute atomic E-state index is 0.00762. The number of anilines is 2. The number of rotatable bonds is 31. The summed E-state index contributed by atoms with van der Waals surface area (Å²) in [6.45, 7) is 1.05. The number of primary amides is 1. The molecule has 5 rings (SSSR count). The predicted octanol–water partition coefficient (Wildman–Crippen LogP) is -0.293. The highest BCUT2D eigenvalue weighted by atomic mass is 32.2. The van der Waals surface area contributed by atoms with Crippen LogP contribution < -0.4 is 60.7 Å². The molecule has 0 radical (unpaired) electrons. The number of carbonyl (C=O) groups is 8. The monoisotopic (exact) mass is 1130 g/mol. The predicted molar refractivity (Wildman–Crippen MR) is 289 cm³/mol. The number of hydrogen-bond donors (Lipinski definition) is 15. The third-order valence-corrected chi connectivity index (χ3v) is 12.8. The van der Waals surface area contributed by atoms with Crippen molar-refractivity contribution in [3.8, 4) is 28.2 Å². The molecule has 0 saturated carbocycles. The average Bonchev–Trinajstić information content (AvgIpc) is 3.39. The number of benzene rings is 3. The lowest BCUT2D eigenvalue weighted by molar-refractivity contribution is -0.142. The molecule has 0 fully saturated rings.